The minimum absolute atomic E-state index is 0.636. The molecule has 1 spiro atoms. The van der Waals surface area contributed by atoms with Crippen LogP contribution in [0.15, 0.2) is 243 Å². The Morgan fingerprint density at radius 1 is 0.295 bits per heavy atom. The minimum Gasteiger partial charge on any atom is -0.310 e. The van der Waals surface area contributed by atoms with Gasteiger partial charge in [-0.05, 0) is 116 Å². The molecule has 0 N–H and O–H groups in total. The Balaban J connectivity index is 1.21. The number of anilines is 6. The highest BCUT2D eigenvalue weighted by Crippen LogP contribution is 2.68. The summed E-state index contributed by atoms with van der Waals surface area (Å²) >= 11 is 0. The van der Waals surface area contributed by atoms with E-state index in [1.54, 1.807) is 0 Å². The van der Waals surface area contributed by atoms with Gasteiger partial charge in [0.2, 0.25) is 0 Å². The molecule has 2 heteroatoms. The highest BCUT2D eigenvalue weighted by atomic mass is 15.2. The van der Waals surface area contributed by atoms with Crippen molar-refractivity contribution in [2.45, 2.75) is 5.41 Å². The molecule has 2 aliphatic carbocycles. The van der Waals surface area contributed by atoms with Crippen LogP contribution in [-0.4, -0.2) is 0 Å². The molecule has 10 aromatic carbocycles. The number of hydrogen-bond acceptors (Lipinski definition) is 2. The van der Waals surface area contributed by atoms with Gasteiger partial charge in [0, 0.05) is 33.9 Å². The molecule has 10 aromatic rings. The lowest BCUT2D eigenvalue weighted by Gasteiger charge is -2.36. The van der Waals surface area contributed by atoms with E-state index in [9.17, 15) is 0 Å². The summed E-state index contributed by atoms with van der Waals surface area (Å²) < 4.78 is 0. The predicted octanol–water partition coefficient (Wildman–Crippen LogP) is 15.8. The summed E-state index contributed by atoms with van der Waals surface area (Å²) in [6.07, 6.45) is 0. The van der Waals surface area contributed by atoms with Gasteiger partial charge >= 0.3 is 0 Å². The molecule has 0 saturated carbocycles. The van der Waals surface area contributed by atoms with Crippen molar-refractivity contribution in [3.63, 3.8) is 0 Å². The number of rotatable bonds is 7. The van der Waals surface area contributed by atoms with Gasteiger partial charge in [-0.25, -0.2) is 0 Å². The van der Waals surface area contributed by atoms with Gasteiger partial charge < -0.3 is 9.80 Å². The summed E-state index contributed by atoms with van der Waals surface area (Å²) in [6.45, 7) is 0. The molecule has 0 radical (unpaired) electrons. The SMILES string of the molecule is c1ccc(-c2cccc(N(c3ccccc3)c3cccc4c3-c3ccccc3C43c4ccccc4-c4c3c(N(c3ccccc3)c3ccccc3)cc3ccccc43)c2)cc1. The maximum Gasteiger partial charge on any atom is 0.0747 e. The van der Waals surface area contributed by atoms with Crippen LogP contribution in [0.4, 0.5) is 34.1 Å². The fourth-order valence-corrected chi connectivity index (χ4v) is 10.4. The molecule has 1 atom stereocenters. The minimum atomic E-state index is -0.636. The molecular weight excluding hydrogens is 737 g/mol. The van der Waals surface area contributed by atoms with E-state index in [-0.39, 0.29) is 0 Å². The number of fused-ring (bicyclic) bond motifs is 12. The summed E-state index contributed by atoms with van der Waals surface area (Å²) in [4.78, 5) is 4.94. The van der Waals surface area contributed by atoms with Crippen LogP contribution in [0.3, 0.4) is 0 Å². The first kappa shape index (κ1) is 35.0. The van der Waals surface area contributed by atoms with Crippen LogP contribution in [0.2, 0.25) is 0 Å². The molecule has 0 saturated heterocycles. The number of para-hydroxylation sites is 3. The molecule has 0 fully saturated rings. The molecule has 0 aromatic heterocycles. The third-order valence-corrected chi connectivity index (χ3v) is 12.8. The van der Waals surface area contributed by atoms with Crippen LogP contribution in [0.25, 0.3) is 44.2 Å². The van der Waals surface area contributed by atoms with E-state index in [4.69, 9.17) is 0 Å². The highest BCUT2D eigenvalue weighted by molar-refractivity contribution is 6.11. The van der Waals surface area contributed by atoms with E-state index in [1.807, 2.05) is 0 Å². The molecule has 2 nitrogen and oxygen atoms in total. The second-order valence-electron chi connectivity index (χ2n) is 16.0. The van der Waals surface area contributed by atoms with E-state index < -0.39 is 5.41 Å². The average Bonchev–Trinajstić information content (AvgIpc) is 3.82. The van der Waals surface area contributed by atoms with Crippen molar-refractivity contribution < 1.29 is 0 Å². The van der Waals surface area contributed by atoms with Crippen molar-refractivity contribution >= 4 is 44.9 Å². The van der Waals surface area contributed by atoms with Gasteiger partial charge in [0.25, 0.3) is 0 Å². The van der Waals surface area contributed by atoms with Crippen LogP contribution in [-0.2, 0) is 5.41 Å². The fraction of sp³-hybridized carbons (Fsp3) is 0.0169. The molecule has 12 rings (SSSR count). The van der Waals surface area contributed by atoms with Gasteiger partial charge in [-0.2, -0.15) is 0 Å². The Hall–Kier alpha value is -7.94. The second-order valence-corrected chi connectivity index (χ2v) is 16.0. The van der Waals surface area contributed by atoms with Crippen LogP contribution < -0.4 is 9.80 Å². The number of benzene rings is 10. The monoisotopic (exact) mass is 776 g/mol. The molecule has 61 heavy (non-hydrogen) atoms. The third-order valence-electron chi connectivity index (χ3n) is 12.8. The van der Waals surface area contributed by atoms with Crippen molar-refractivity contribution in [2.75, 3.05) is 9.80 Å². The van der Waals surface area contributed by atoms with Crippen molar-refractivity contribution in [3.8, 4) is 33.4 Å². The maximum absolute atomic E-state index is 2.48. The Kier molecular flexibility index (Phi) is 8.11. The van der Waals surface area contributed by atoms with Gasteiger partial charge in [-0.3, -0.25) is 0 Å². The van der Waals surface area contributed by atoms with Gasteiger partial charge in [0.1, 0.15) is 0 Å². The third kappa shape index (κ3) is 5.29. The number of nitrogens with zero attached hydrogens (tertiary/aromatic N) is 2. The molecule has 0 aliphatic heterocycles. The van der Waals surface area contributed by atoms with Crippen LogP contribution in [0.5, 0.6) is 0 Å². The van der Waals surface area contributed by atoms with Gasteiger partial charge in [0.15, 0.2) is 0 Å². The fourth-order valence-electron chi connectivity index (χ4n) is 10.4. The molecule has 0 heterocycles. The molecule has 0 bridgehead atoms. The summed E-state index contributed by atoms with van der Waals surface area (Å²) in [5, 5.41) is 2.48. The zero-order valence-electron chi connectivity index (χ0n) is 33.5. The van der Waals surface area contributed by atoms with E-state index >= 15 is 0 Å². The Morgan fingerprint density at radius 3 is 1.39 bits per heavy atom. The second kappa shape index (κ2) is 14.1. The zero-order valence-corrected chi connectivity index (χ0v) is 33.5. The summed E-state index contributed by atoms with van der Waals surface area (Å²) in [5.41, 5.74) is 18.8. The first-order valence-corrected chi connectivity index (χ1v) is 21.1. The van der Waals surface area contributed by atoms with Crippen LogP contribution in [0.1, 0.15) is 22.3 Å². The van der Waals surface area contributed by atoms with Crippen molar-refractivity contribution in [1.29, 1.82) is 0 Å². The highest BCUT2D eigenvalue weighted by Gasteiger charge is 2.54. The normalized spacial score (nSPS) is 14.3. The largest absolute Gasteiger partial charge is 0.310 e. The lowest BCUT2D eigenvalue weighted by atomic mass is 9.69. The predicted molar refractivity (Wildman–Crippen MR) is 255 cm³/mol. The number of hydrogen-bond donors (Lipinski definition) is 0. The first-order chi connectivity index (χ1) is 30.3. The molecule has 2 aliphatic rings. The van der Waals surface area contributed by atoms with Crippen LogP contribution >= 0.6 is 0 Å². The Morgan fingerprint density at radius 2 is 0.754 bits per heavy atom. The Bertz CT molecular complexity index is 3210. The lowest BCUT2D eigenvalue weighted by Crippen LogP contribution is -2.28. The van der Waals surface area contributed by atoms with Crippen molar-refractivity contribution in [3.05, 3.63) is 265 Å². The summed E-state index contributed by atoms with van der Waals surface area (Å²) in [5.74, 6) is 0. The average molecular weight is 777 g/mol. The summed E-state index contributed by atoms with van der Waals surface area (Å²) in [6, 6.07) is 89.0. The molecule has 0 amide bonds. The summed E-state index contributed by atoms with van der Waals surface area (Å²) in [7, 11) is 0. The van der Waals surface area contributed by atoms with Gasteiger partial charge in [-0.1, -0.05) is 182 Å². The van der Waals surface area contributed by atoms with Crippen molar-refractivity contribution in [2.24, 2.45) is 0 Å². The van der Waals surface area contributed by atoms with Gasteiger partial charge in [-0.15, -0.1) is 0 Å². The standard InChI is InChI=1S/C59H40N2/c1-5-21-41(22-6-1)42-24-19-31-47(39-42)61(46-29-11-4-12-30-46)54-38-20-37-53-57(54)50-34-16-18-36-52(50)59(53)51-35-17-15-33-49(51)56-48-32-14-13-23-43(48)40-55(58(56)59)60(44-25-7-2-8-26-44)45-27-9-3-10-28-45/h1-40H. The van der Waals surface area contributed by atoms with E-state index in [0.717, 1.165) is 28.4 Å². The van der Waals surface area contributed by atoms with Gasteiger partial charge in [0.05, 0.1) is 16.8 Å². The molecule has 286 valence electrons. The van der Waals surface area contributed by atoms with Crippen LogP contribution in [0, 0.1) is 0 Å². The topological polar surface area (TPSA) is 6.48 Å². The van der Waals surface area contributed by atoms with Crippen molar-refractivity contribution in [1.82, 2.24) is 0 Å². The first-order valence-electron chi connectivity index (χ1n) is 21.1. The van der Waals surface area contributed by atoms with E-state index in [0.29, 0.717) is 0 Å². The molecule has 1 unspecified atom stereocenters. The van der Waals surface area contributed by atoms with E-state index in [1.165, 1.54) is 72.1 Å². The lowest BCUT2D eigenvalue weighted by molar-refractivity contribution is 0.793. The molecular formula is C59H40N2. The maximum atomic E-state index is 2.48. The Labute approximate surface area is 356 Å². The van der Waals surface area contributed by atoms with E-state index in [2.05, 4.69) is 252 Å². The zero-order chi connectivity index (χ0) is 40.3. The smallest absolute Gasteiger partial charge is 0.0747 e. The quantitative estimate of drug-likeness (QED) is 0.159.